The van der Waals surface area contributed by atoms with Crippen LogP contribution in [0.15, 0.2) is 30.3 Å². The standard InChI is InChI=1S/C16H19N3O2/c1-19(9-15(21)17-13-6-7-13)16-12(10-20)8-11-4-2-3-5-14(11)18-16/h2-5,8,13,20H,6-7,9-10H2,1H3,(H,17,21). The Morgan fingerprint density at radius 1 is 1.43 bits per heavy atom. The molecule has 1 amide bonds. The maximum Gasteiger partial charge on any atom is 0.239 e. The van der Waals surface area contributed by atoms with Crippen molar-refractivity contribution in [3.05, 3.63) is 35.9 Å². The number of nitrogens with zero attached hydrogens (tertiary/aromatic N) is 2. The highest BCUT2D eigenvalue weighted by atomic mass is 16.3. The molecule has 0 spiro atoms. The molecule has 1 aromatic carbocycles. The van der Waals surface area contributed by atoms with Gasteiger partial charge in [-0.05, 0) is 25.0 Å². The maximum absolute atomic E-state index is 11.9. The third-order valence-electron chi connectivity index (χ3n) is 3.64. The van der Waals surface area contributed by atoms with Crippen LogP contribution in [0.3, 0.4) is 0 Å². The summed E-state index contributed by atoms with van der Waals surface area (Å²) in [7, 11) is 1.82. The van der Waals surface area contributed by atoms with E-state index in [0.29, 0.717) is 11.9 Å². The van der Waals surface area contributed by atoms with E-state index < -0.39 is 0 Å². The molecule has 21 heavy (non-hydrogen) atoms. The highest BCUT2D eigenvalue weighted by Crippen LogP contribution is 2.23. The molecular weight excluding hydrogens is 266 g/mol. The van der Waals surface area contributed by atoms with Crippen LogP contribution >= 0.6 is 0 Å². The predicted molar refractivity (Wildman–Crippen MR) is 82.1 cm³/mol. The molecule has 2 aromatic rings. The van der Waals surface area contributed by atoms with Gasteiger partial charge in [-0.25, -0.2) is 4.98 Å². The van der Waals surface area contributed by atoms with E-state index in [1.165, 1.54) is 0 Å². The molecule has 0 bridgehead atoms. The van der Waals surface area contributed by atoms with E-state index in [0.717, 1.165) is 29.3 Å². The van der Waals surface area contributed by atoms with E-state index in [9.17, 15) is 9.90 Å². The summed E-state index contributed by atoms with van der Waals surface area (Å²) in [5.74, 6) is 0.654. The zero-order chi connectivity index (χ0) is 14.8. The second-order valence-corrected chi connectivity index (χ2v) is 5.52. The Balaban J connectivity index is 1.84. The molecule has 1 saturated carbocycles. The number of aromatic nitrogens is 1. The van der Waals surface area contributed by atoms with Crippen LogP contribution < -0.4 is 10.2 Å². The molecule has 0 saturated heterocycles. The van der Waals surface area contributed by atoms with Gasteiger partial charge < -0.3 is 15.3 Å². The number of benzene rings is 1. The molecule has 1 aromatic heterocycles. The van der Waals surface area contributed by atoms with Gasteiger partial charge in [0.1, 0.15) is 5.82 Å². The number of fused-ring (bicyclic) bond motifs is 1. The average Bonchev–Trinajstić information content (AvgIpc) is 3.29. The van der Waals surface area contributed by atoms with Crippen LogP contribution in [0.1, 0.15) is 18.4 Å². The van der Waals surface area contributed by atoms with Crippen molar-refractivity contribution in [1.82, 2.24) is 10.3 Å². The number of hydrogen-bond acceptors (Lipinski definition) is 4. The van der Waals surface area contributed by atoms with Gasteiger partial charge in [0, 0.05) is 24.0 Å². The first-order valence-corrected chi connectivity index (χ1v) is 7.17. The fraction of sp³-hybridized carbons (Fsp3) is 0.375. The lowest BCUT2D eigenvalue weighted by atomic mass is 10.1. The molecule has 0 radical (unpaired) electrons. The van der Waals surface area contributed by atoms with Gasteiger partial charge >= 0.3 is 0 Å². The van der Waals surface area contributed by atoms with Gasteiger partial charge in [-0.15, -0.1) is 0 Å². The first-order valence-electron chi connectivity index (χ1n) is 7.17. The van der Waals surface area contributed by atoms with Crippen molar-refractivity contribution in [1.29, 1.82) is 0 Å². The van der Waals surface area contributed by atoms with Gasteiger partial charge in [0.05, 0.1) is 18.7 Å². The maximum atomic E-state index is 11.9. The van der Waals surface area contributed by atoms with Gasteiger partial charge in [0.25, 0.3) is 0 Å². The van der Waals surface area contributed by atoms with Crippen molar-refractivity contribution in [2.45, 2.75) is 25.5 Å². The minimum Gasteiger partial charge on any atom is -0.392 e. The third-order valence-corrected chi connectivity index (χ3v) is 3.64. The molecule has 1 fully saturated rings. The number of carbonyl (C=O) groups is 1. The lowest BCUT2D eigenvalue weighted by Crippen LogP contribution is -2.37. The number of likely N-dealkylation sites (N-methyl/N-ethyl adjacent to an activating group) is 1. The van der Waals surface area contributed by atoms with E-state index >= 15 is 0 Å². The molecule has 2 N–H and O–H groups in total. The number of pyridine rings is 1. The van der Waals surface area contributed by atoms with Crippen LogP contribution in [0.5, 0.6) is 0 Å². The predicted octanol–water partition coefficient (Wildman–Crippen LogP) is 1.44. The third kappa shape index (κ3) is 3.13. The molecular formula is C16H19N3O2. The first kappa shape index (κ1) is 13.8. The van der Waals surface area contributed by atoms with Gasteiger partial charge in [-0.1, -0.05) is 18.2 Å². The fourth-order valence-electron chi connectivity index (χ4n) is 2.39. The Labute approximate surface area is 123 Å². The van der Waals surface area contributed by atoms with Crippen molar-refractivity contribution in [3.63, 3.8) is 0 Å². The summed E-state index contributed by atoms with van der Waals surface area (Å²) in [4.78, 5) is 18.3. The molecule has 3 rings (SSSR count). The summed E-state index contributed by atoms with van der Waals surface area (Å²) in [6.45, 7) is 0.149. The highest BCUT2D eigenvalue weighted by molar-refractivity contribution is 5.84. The van der Waals surface area contributed by atoms with E-state index in [1.54, 1.807) is 4.90 Å². The minimum atomic E-state index is -0.0955. The number of para-hydroxylation sites is 1. The van der Waals surface area contributed by atoms with E-state index in [1.807, 2.05) is 37.4 Å². The number of carbonyl (C=O) groups excluding carboxylic acids is 1. The number of aliphatic hydroxyl groups is 1. The van der Waals surface area contributed by atoms with E-state index in [-0.39, 0.29) is 19.1 Å². The van der Waals surface area contributed by atoms with Crippen LogP contribution in [-0.2, 0) is 11.4 Å². The molecule has 5 nitrogen and oxygen atoms in total. The van der Waals surface area contributed by atoms with E-state index in [4.69, 9.17) is 0 Å². The summed E-state index contributed by atoms with van der Waals surface area (Å²) in [5.41, 5.74) is 1.59. The Bertz CT molecular complexity index is 668. The molecule has 1 aliphatic carbocycles. The van der Waals surface area contributed by atoms with Gasteiger partial charge in [0.15, 0.2) is 0 Å². The molecule has 0 unspecified atom stereocenters. The van der Waals surface area contributed by atoms with Crippen molar-refractivity contribution in [2.24, 2.45) is 0 Å². The smallest absolute Gasteiger partial charge is 0.239 e. The quantitative estimate of drug-likeness (QED) is 0.872. The summed E-state index contributed by atoms with van der Waals surface area (Å²) < 4.78 is 0. The van der Waals surface area contributed by atoms with Crippen molar-refractivity contribution in [3.8, 4) is 0 Å². The van der Waals surface area contributed by atoms with Crippen LogP contribution in [-0.4, -0.2) is 35.6 Å². The number of rotatable bonds is 5. The van der Waals surface area contributed by atoms with Crippen LogP contribution in [0.25, 0.3) is 10.9 Å². The first-order chi connectivity index (χ1) is 10.2. The molecule has 0 aliphatic heterocycles. The monoisotopic (exact) mass is 285 g/mol. The Morgan fingerprint density at radius 2 is 2.19 bits per heavy atom. The average molecular weight is 285 g/mol. The topological polar surface area (TPSA) is 65.5 Å². The minimum absolute atomic E-state index is 0.00107. The summed E-state index contributed by atoms with van der Waals surface area (Å²) in [6.07, 6.45) is 2.15. The Morgan fingerprint density at radius 3 is 2.90 bits per heavy atom. The number of anilines is 1. The van der Waals surface area contributed by atoms with Gasteiger partial charge in [-0.3, -0.25) is 4.79 Å². The fourth-order valence-corrected chi connectivity index (χ4v) is 2.39. The van der Waals surface area contributed by atoms with Crippen molar-refractivity contribution in [2.75, 3.05) is 18.5 Å². The number of nitrogens with one attached hydrogen (secondary N) is 1. The zero-order valence-electron chi connectivity index (χ0n) is 12.0. The number of aliphatic hydroxyl groups excluding tert-OH is 1. The molecule has 110 valence electrons. The van der Waals surface area contributed by atoms with Crippen LogP contribution in [0.2, 0.25) is 0 Å². The lowest BCUT2D eigenvalue weighted by molar-refractivity contribution is -0.119. The number of amides is 1. The van der Waals surface area contributed by atoms with Crippen molar-refractivity contribution < 1.29 is 9.90 Å². The molecule has 1 aliphatic rings. The highest BCUT2D eigenvalue weighted by Gasteiger charge is 2.24. The molecule has 0 atom stereocenters. The largest absolute Gasteiger partial charge is 0.392 e. The second-order valence-electron chi connectivity index (χ2n) is 5.52. The lowest BCUT2D eigenvalue weighted by Gasteiger charge is -2.21. The normalized spacial score (nSPS) is 14.2. The Hall–Kier alpha value is -2.14. The Kier molecular flexibility index (Phi) is 3.75. The van der Waals surface area contributed by atoms with E-state index in [2.05, 4.69) is 10.3 Å². The van der Waals surface area contributed by atoms with Gasteiger partial charge in [0.2, 0.25) is 5.91 Å². The summed E-state index contributed by atoms with van der Waals surface area (Å²) in [6, 6.07) is 10.0. The molecule has 5 heteroatoms. The van der Waals surface area contributed by atoms with Crippen molar-refractivity contribution >= 4 is 22.6 Å². The SMILES string of the molecule is CN(CC(=O)NC1CC1)c1nc2ccccc2cc1CO. The molecule has 1 heterocycles. The van der Waals surface area contributed by atoms with Crippen LogP contribution in [0, 0.1) is 0 Å². The number of hydrogen-bond donors (Lipinski definition) is 2. The zero-order valence-corrected chi connectivity index (χ0v) is 12.0. The second kappa shape index (κ2) is 5.69. The summed E-state index contributed by atoms with van der Waals surface area (Å²) >= 11 is 0. The summed E-state index contributed by atoms with van der Waals surface area (Å²) in [5, 5.41) is 13.5. The van der Waals surface area contributed by atoms with Gasteiger partial charge in [-0.2, -0.15) is 0 Å². The van der Waals surface area contributed by atoms with Crippen LogP contribution in [0.4, 0.5) is 5.82 Å².